The summed E-state index contributed by atoms with van der Waals surface area (Å²) in [5.41, 5.74) is 0. The Balaban J connectivity index is 1.34. The summed E-state index contributed by atoms with van der Waals surface area (Å²) < 4.78 is 0. The molecular formula is C15H20N4OS2. The lowest BCUT2D eigenvalue weighted by Crippen LogP contribution is -2.49. The van der Waals surface area contributed by atoms with Crippen molar-refractivity contribution in [3.05, 3.63) is 34.0 Å². The molecular weight excluding hydrogens is 316 g/mol. The highest BCUT2D eigenvalue weighted by atomic mass is 32.1. The van der Waals surface area contributed by atoms with Crippen molar-refractivity contribution in [3.8, 4) is 0 Å². The van der Waals surface area contributed by atoms with E-state index in [1.165, 1.54) is 4.88 Å². The Morgan fingerprint density at radius 3 is 2.77 bits per heavy atom. The molecule has 1 amide bonds. The Morgan fingerprint density at radius 1 is 1.23 bits per heavy atom. The lowest BCUT2D eigenvalue weighted by atomic mass is 10.3. The maximum atomic E-state index is 12.0. The molecule has 0 spiro atoms. The van der Waals surface area contributed by atoms with Crippen molar-refractivity contribution in [2.45, 2.75) is 6.42 Å². The van der Waals surface area contributed by atoms with E-state index in [9.17, 15) is 4.79 Å². The third-order valence-corrected chi connectivity index (χ3v) is 5.47. The summed E-state index contributed by atoms with van der Waals surface area (Å²) in [6, 6.07) is 4.15. The van der Waals surface area contributed by atoms with Gasteiger partial charge in [0, 0.05) is 49.2 Å². The fraction of sp³-hybridized carbons (Fsp3) is 0.467. The van der Waals surface area contributed by atoms with Crippen LogP contribution in [-0.2, 0) is 11.2 Å². The minimum atomic E-state index is 0.124. The van der Waals surface area contributed by atoms with E-state index in [0.717, 1.165) is 44.3 Å². The van der Waals surface area contributed by atoms with Crippen LogP contribution in [0.15, 0.2) is 29.1 Å². The number of hydrogen-bond donors (Lipinski definition) is 1. The van der Waals surface area contributed by atoms with Crippen LogP contribution < -0.4 is 10.2 Å². The first-order valence-corrected chi connectivity index (χ1v) is 9.23. The van der Waals surface area contributed by atoms with Crippen LogP contribution in [0.3, 0.4) is 0 Å². The molecule has 0 atom stereocenters. The van der Waals surface area contributed by atoms with Crippen LogP contribution in [0.25, 0.3) is 0 Å². The molecule has 1 fully saturated rings. The Kier molecular flexibility index (Phi) is 5.42. The van der Waals surface area contributed by atoms with E-state index in [1.54, 1.807) is 22.7 Å². The van der Waals surface area contributed by atoms with Gasteiger partial charge in [0.2, 0.25) is 5.91 Å². The van der Waals surface area contributed by atoms with Gasteiger partial charge in [0.1, 0.15) is 0 Å². The zero-order valence-corrected chi connectivity index (χ0v) is 14.0. The first kappa shape index (κ1) is 15.5. The van der Waals surface area contributed by atoms with E-state index in [4.69, 9.17) is 0 Å². The molecule has 2 aromatic heterocycles. The lowest BCUT2D eigenvalue weighted by molar-refractivity contribution is -0.122. The molecule has 2 aromatic rings. The van der Waals surface area contributed by atoms with Crippen LogP contribution in [0.5, 0.6) is 0 Å². The predicted octanol–water partition coefficient (Wildman–Crippen LogP) is 1.69. The molecule has 7 heteroatoms. The summed E-state index contributed by atoms with van der Waals surface area (Å²) in [5, 5.41) is 8.16. The summed E-state index contributed by atoms with van der Waals surface area (Å²) in [6.07, 6.45) is 2.76. The van der Waals surface area contributed by atoms with Gasteiger partial charge in [-0.15, -0.1) is 22.7 Å². The highest BCUT2D eigenvalue weighted by molar-refractivity contribution is 7.13. The minimum Gasteiger partial charge on any atom is -0.355 e. The van der Waals surface area contributed by atoms with Gasteiger partial charge >= 0.3 is 0 Å². The zero-order valence-electron chi connectivity index (χ0n) is 12.4. The van der Waals surface area contributed by atoms with Gasteiger partial charge in [-0.3, -0.25) is 9.69 Å². The number of piperazine rings is 1. The molecule has 5 nitrogen and oxygen atoms in total. The molecule has 0 unspecified atom stereocenters. The Bertz CT molecular complexity index is 562. The summed E-state index contributed by atoms with van der Waals surface area (Å²) in [4.78, 5) is 22.1. The topological polar surface area (TPSA) is 48.5 Å². The van der Waals surface area contributed by atoms with Gasteiger partial charge in [-0.05, 0) is 17.9 Å². The van der Waals surface area contributed by atoms with Crippen molar-refractivity contribution in [1.82, 2.24) is 15.2 Å². The Labute approximate surface area is 138 Å². The number of nitrogens with zero attached hydrogens (tertiary/aromatic N) is 3. The van der Waals surface area contributed by atoms with Gasteiger partial charge < -0.3 is 10.2 Å². The molecule has 0 aromatic carbocycles. The fourth-order valence-corrected chi connectivity index (χ4v) is 3.91. The molecule has 22 heavy (non-hydrogen) atoms. The average Bonchev–Trinajstić information content (AvgIpc) is 3.21. The first-order valence-electron chi connectivity index (χ1n) is 7.47. The SMILES string of the molecule is O=C(CN1CCN(c2nccs2)CC1)NCCc1cccs1. The molecule has 0 aliphatic carbocycles. The number of amides is 1. The predicted molar refractivity (Wildman–Crippen MR) is 91.8 cm³/mol. The molecule has 118 valence electrons. The number of hydrogen-bond acceptors (Lipinski definition) is 6. The number of nitrogens with one attached hydrogen (secondary N) is 1. The molecule has 1 N–H and O–H groups in total. The Morgan fingerprint density at radius 2 is 2.09 bits per heavy atom. The second-order valence-electron chi connectivity index (χ2n) is 5.26. The average molecular weight is 336 g/mol. The largest absolute Gasteiger partial charge is 0.355 e. The van der Waals surface area contributed by atoms with E-state index < -0.39 is 0 Å². The van der Waals surface area contributed by atoms with Crippen molar-refractivity contribution in [2.75, 3.05) is 44.2 Å². The number of aromatic nitrogens is 1. The number of carbonyl (C=O) groups excluding carboxylic acids is 1. The second kappa shape index (κ2) is 7.71. The molecule has 3 rings (SSSR count). The summed E-state index contributed by atoms with van der Waals surface area (Å²) in [5.74, 6) is 0.124. The molecule has 0 bridgehead atoms. The van der Waals surface area contributed by atoms with E-state index in [0.29, 0.717) is 6.54 Å². The van der Waals surface area contributed by atoms with Crippen LogP contribution in [0, 0.1) is 0 Å². The summed E-state index contributed by atoms with van der Waals surface area (Å²) in [6.45, 7) is 4.93. The first-order chi connectivity index (χ1) is 10.8. The van der Waals surface area contributed by atoms with Crippen LogP contribution in [0.2, 0.25) is 0 Å². The standard InChI is InChI=1S/C15H20N4OS2/c20-14(16-4-3-13-2-1-10-21-13)12-18-6-8-19(9-7-18)15-17-5-11-22-15/h1-2,5,10-11H,3-4,6-9,12H2,(H,16,20). The van der Waals surface area contributed by atoms with Gasteiger partial charge in [-0.1, -0.05) is 6.07 Å². The van der Waals surface area contributed by atoms with Crippen molar-refractivity contribution in [1.29, 1.82) is 0 Å². The fourth-order valence-electron chi connectivity index (χ4n) is 2.51. The molecule has 1 aliphatic heterocycles. The van der Waals surface area contributed by atoms with Gasteiger partial charge in [-0.2, -0.15) is 0 Å². The van der Waals surface area contributed by atoms with Gasteiger partial charge in [0.25, 0.3) is 0 Å². The van der Waals surface area contributed by atoms with Gasteiger partial charge in [0.05, 0.1) is 6.54 Å². The van der Waals surface area contributed by atoms with Crippen molar-refractivity contribution < 1.29 is 4.79 Å². The number of carbonyl (C=O) groups is 1. The molecule has 1 saturated heterocycles. The van der Waals surface area contributed by atoms with Crippen LogP contribution in [0.1, 0.15) is 4.88 Å². The quantitative estimate of drug-likeness (QED) is 0.872. The number of anilines is 1. The highest BCUT2D eigenvalue weighted by Crippen LogP contribution is 2.18. The minimum absolute atomic E-state index is 0.124. The number of rotatable bonds is 6. The van der Waals surface area contributed by atoms with E-state index in [1.807, 2.05) is 17.6 Å². The lowest BCUT2D eigenvalue weighted by Gasteiger charge is -2.34. The molecule has 0 saturated carbocycles. The Hall–Kier alpha value is -1.44. The second-order valence-corrected chi connectivity index (χ2v) is 7.16. The summed E-state index contributed by atoms with van der Waals surface area (Å²) >= 11 is 3.41. The number of thiazole rings is 1. The van der Waals surface area contributed by atoms with E-state index >= 15 is 0 Å². The van der Waals surface area contributed by atoms with Crippen LogP contribution >= 0.6 is 22.7 Å². The maximum absolute atomic E-state index is 12.0. The maximum Gasteiger partial charge on any atom is 0.234 e. The van der Waals surface area contributed by atoms with Crippen molar-refractivity contribution >= 4 is 33.7 Å². The molecule has 3 heterocycles. The highest BCUT2D eigenvalue weighted by Gasteiger charge is 2.20. The van der Waals surface area contributed by atoms with E-state index in [-0.39, 0.29) is 5.91 Å². The molecule has 1 aliphatic rings. The smallest absolute Gasteiger partial charge is 0.234 e. The van der Waals surface area contributed by atoms with Crippen molar-refractivity contribution in [3.63, 3.8) is 0 Å². The van der Waals surface area contributed by atoms with Crippen LogP contribution in [-0.4, -0.2) is 55.1 Å². The normalized spacial score (nSPS) is 15.9. The monoisotopic (exact) mass is 336 g/mol. The summed E-state index contributed by atoms with van der Waals surface area (Å²) in [7, 11) is 0. The van der Waals surface area contributed by atoms with Crippen LogP contribution in [0.4, 0.5) is 5.13 Å². The van der Waals surface area contributed by atoms with Crippen molar-refractivity contribution in [2.24, 2.45) is 0 Å². The van der Waals surface area contributed by atoms with E-state index in [2.05, 4.69) is 31.5 Å². The van der Waals surface area contributed by atoms with Gasteiger partial charge in [-0.25, -0.2) is 4.98 Å². The number of thiophene rings is 1. The zero-order chi connectivity index (χ0) is 15.2. The molecule has 0 radical (unpaired) electrons. The third-order valence-electron chi connectivity index (χ3n) is 3.70. The third kappa shape index (κ3) is 4.28. The van der Waals surface area contributed by atoms with Gasteiger partial charge in [0.15, 0.2) is 5.13 Å².